The van der Waals surface area contributed by atoms with E-state index in [2.05, 4.69) is 20.6 Å². The normalized spacial score (nSPS) is 10.8. The van der Waals surface area contributed by atoms with Gasteiger partial charge in [0.1, 0.15) is 11.5 Å². The van der Waals surface area contributed by atoms with Gasteiger partial charge in [-0.05, 0) is 46.9 Å². The molecule has 0 bridgehead atoms. The fourth-order valence-corrected chi connectivity index (χ4v) is 2.88. The lowest BCUT2D eigenvalue weighted by Gasteiger charge is -2.08. The Labute approximate surface area is 181 Å². The van der Waals surface area contributed by atoms with Crippen molar-refractivity contribution < 1.29 is 19.2 Å². The summed E-state index contributed by atoms with van der Waals surface area (Å²) in [6.07, 6.45) is 2.71. The first-order valence-corrected chi connectivity index (χ1v) is 9.16. The molecule has 0 saturated carbocycles. The summed E-state index contributed by atoms with van der Waals surface area (Å²) in [5, 5.41) is 18.9. The summed E-state index contributed by atoms with van der Waals surface area (Å²) in [6, 6.07) is 9.88. The van der Waals surface area contributed by atoms with Gasteiger partial charge in [0.05, 0.1) is 32.5 Å². The van der Waals surface area contributed by atoms with E-state index in [1.807, 2.05) is 0 Å². The van der Waals surface area contributed by atoms with Crippen molar-refractivity contribution in [3.63, 3.8) is 0 Å². The number of nitro groups is 1. The third-order valence-corrected chi connectivity index (χ3v) is 4.35. The molecule has 1 aromatic heterocycles. The molecule has 3 aromatic rings. The monoisotopic (exact) mass is 444 g/mol. The largest absolute Gasteiger partial charge is 0.496 e. The number of carbonyl (C=O) groups is 1. The SMILES string of the molecule is COc1ccc(/C=N/NC(=O)c2cc(Cl)ccc2OC)cc1Cn1cnc([N+](=O)[O-])n1. The van der Waals surface area contributed by atoms with E-state index in [4.69, 9.17) is 21.1 Å². The van der Waals surface area contributed by atoms with Gasteiger partial charge in [-0.2, -0.15) is 9.78 Å². The Morgan fingerprint density at radius 1 is 1.26 bits per heavy atom. The molecule has 0 unspecified atom stereocenters. The number of methoxy groups -OCH3 is 2. The smallest absolute Gasteiger partial charge is 0.490 e. The number of carbonyl (C=O) groups excluding carboxylic acids is 1. The van der Waals surface area contributed by atoms with E-state index in [1.54, 1.807) is 30.3 Å². The maximum absolute atomic E-state index is 12.4. The third kappa shape index (κ3) is 5.34. The highest BCUT2D eigenvalue weighted by Gasteiger charge is 2.15. The molecule has 0 fully saturated rings. The predicted octanol–water partition coefficient (Wildman–Crippen LogP) is 2.67. The number of rotatable bonds is 8. The minimum absolute atomic E-state index is 0.192. The molecule has 3 rings (SSSR count). The number of nitrogens with one attached hydrogen (secondary N) is 1. The molecular formula is C19H17ClN6O5. The molecule has 0 radical (unpaired) electrons. The summed E-state index contributed by atoms with van der Waals surface area (Å²) < 4.78 is 11.8. The van der Waals surface area contributed by atoms with Crippen LogP contribution in [-0.4, -0.2) is 46.0 Å². The number of ether oxygens (including phenoxy) is 2. The summed E-state index contributed by atoms with van der Waals surface area (Å²) in [6.45, 7) is 0.192. The lowest BCUT2D eigenvalue weighted by Crippen LogP contribution is -2.18. The van der Waals surface area contributed by atoms with Gasteiger partial charge in [-0.1, -0.05) is 16.6 Å². The van der Waals surface area contributed by atoms with Gasteiger partial charge in [-0.15, -0.1) is 0 Å². The summed E-state index contributed by atoms with van der Waals surface area (Å²) in [5.41, 5.74) is 4.01. The van der Waals surface area contributed by atoms with Crippen molar-refractivity contribution in [1.82, 2.24) is 20.2 Å². The predicted molar refractivity (Wildman–Crippen MR) is 112 cm³/mol. The second kappa shape index (κ2) is 9.67. The number of benzene rings is 2. The van der Waals surface area contributed by atoms with E-state index >= 15 is 0 Å². The minimum atomic E-state index is -0.672. The fraction of sp³-hybridized carbons (Fsp3) is 0.158. The number of hydrogen-bond acceptors (Lipinski definition) is 8. The van der Waals surface area contributed by atoms with E-state index in [9.17, 15) is 14.9 Å². The van der Waals surface area contributed by atoms with Gasteiger partial charge in [0.25, 0.3) is 5.91 Å². The molecule has 0 aliphatic heterocycles. The highest BCUT2D eigenvalue weighted by Crippen LogP contribution is 2.23. The quantitative estimate of drug-likeness (QED) is 0.320. The van der Waals surface area contributed by atoms with Crippen LogP contribution in [-0.2, 0) is 6.54 Å². The molecule has 1 heterocycles. The van der Waals surface area contributed by atoms with Crippen molar-refractivity contribution in [2.75, 3.05) is 14.2 Å². The van der Waals surface area contributed by atoms with Crippen LogP contribution in [0.25, 0.3) is 0 Å². The summed E-state index contributed by atoms with van der Waals surface area (Å²) >= 11 is 5.94. The average Bonchev–Trinajstić information content (AvgIpc) is 3.23. The van der Waals surface area contributed by atoms with Gasteiger partial charge in [0, 0.05) is 15.7 Å². The van der Waals surface area contributed by atoms with E-state index in [0.29, 0.717) is 27.6 Å². The van der Waals surface area contributed by atoms with Crippen LogP contribution in [0.3, 0.4) is 0 Å². The molecule has 0 aliphatic carbocycles. The molecule has 12 heteroatoms. The van der Waals surface area contributed by atoms with E-state index in [-0.39, 0.29) is 12.1 Å². The molecular weight excluding hydrogens is 428 g/mol. The van der Waals surface area contributed by atoms with Crippen LogP contribution in [0.2, 0.25) is 5.02 Å². The first kappa shape index (κ1) is 21.7. The summed E-state index contributed by atoms with van der Waals surface area (Å²) in [5.74, 6) is -0.0520. The topological polar surface area (TPSA) is 134 Å². The van der Waals surface area contributed by atoms with Crippen LogP contribution in [0, 0.1) is 10.1 Å². The molecule has 0 atom stereocenters. The van der Waals surface area contributed by atoms with Crippen molar-refractivity contribution in [2.24, 2.45) is 5.10 Å². The lowest BCUT2D eigenvalue weighted by molar-refractivity contribution is -0.394. The van der Waals surface area contributed by atoms with Crippen LogP contribution in [0.1, 0.15) is 21.5 Å². The fourth-order valence-electron chi connectivity index (χ4n) is 2.70. The minimum Gasteiger partial charge on any atom is -0.496 e. The first-order chi connectivity index (χ1) is 14.9. The highest BCUT2D eigenvalue weighted by atomic mass is 35.5. The van der Waals surface area contributed by atoms with Crippen LogP contribution in [0.15, 0.2) is 47.8 Å². The molecule has 1 N–H and O–H groups in total. The lowest BCUT2D eigenvalue weighted by atomic mass is 10.1. The summed E-state index contributed by atoms with van der Waals surface area (Å²) in [4.78, 5) is 26.1. The summed E-state index contributed by atoms with van der Waals surface area (Å²) in [7, 11) is 2.96. The zero-order valence-electron chi connectivity index (χ0n) is 16.5. The van der Waals surface area contributed by atoms with Crippen molar-refractivity contribution >= 4 is 29.7 Å². The molecule has 11 nitrogen and oxygen atoms in total. The highest BCUT2D eigenvalue weighted by molar-refractivity contribution is 6.31. The van der Waals surface area contributed by atoms with Gasteiger partial charge in [0.2, 0.25) is 6.33 Å². The van der Waals surface area contributed by atoms with Crippen LogP contribution in [0.5, 0.6) is 11.5 Å². The Morgan fingerprint density at radius 3 is 2.68 bits per heavy atom. The van der Waals surface area contributed by atoms with Crippen molar-refractivity contribution in [3.8, 4) is 11.5 Å². The number of hydrazone groups is 1. The van der Waals surface area contributed by atoms with Crippen LogP contribution < -0.4 is 14.9 Å². The van der Waals surface area contributed by atoms with Crippen molar-refractivity contribution in [2.45, 2.75) is 6.54 Å². The maximum atomic E-state index is 12.4. The standard InChI is InChI=1S/C19H17ClN6O5/c1-30-16-5-3-12(7-13(16)10-25-11-21-19(24-25)26(28)29)9-22-23-18(27)15-8-14(20)4-6-17(15)31-2/h3-9,11H,10H2,1-2H3,(H,23,27)/b22-9+. The molecule has 2 aromatic carbocycles. The zero-order valence-corrected chi connectivity index (χ0v) is 17.2. The molecule has 0 spiro atoms. The Balaban J connectivity index is 1.75. The van der Waals surface area contributed by atoms with Crippen LogP contribution >= 0.6 is 11.6 Å². The third-order valence-electron chi connectivity index (χ3n) is 4.11. The molecule has 1 amide bonds. The number of aromatic nitrogens is 3. The zero-order chi connectivity index (χ0) is 22.4. The molecule has 0 aliphatic rings. The molecule has 31 heavy (non-hydrogen) atoms. The average molecular weight is 445 g/mol. The van der Waals surface area contributed by atoms with Gasteiger partial charge >= 0.3 is 5.95 Å². The van der Waals surface area contributed by atoms with Gasteiger partial charge in [-0.3, -0.25) is 4.79 Å². The van der Waals surface area contributed by atoms with Crippen molar-refractivity contribution in [1.29, 1.82) is 0 Å². The number of hydrogen-bond donors (Lipinski definition) is 1. The van der Waals surface area contributed by atoms with Gasteiger partial charge in [-0.25, -0.2) is 5.43 Å². The van der Waals surface area contributed by atoms with Gasteiger partial charge < -0.3 is 19.6 Å². The first-order valence-electron chi connectivity index (χ1n) is 8.79. The Morgan fingerprint density at radius 2 is 2.00 bits per heavy atom. The molecule has 160 valence electrons. The Hall–Kier alpha value is -3.99. The van der Waals surface area contributed by atoms with E-state index in [1.165, 1.54) is 37.5 Å². The number of nitrogens with zero attached hydrogens (tertiary/aromatic N) is 5. The van der Waals surface area contributed by atoms with E-state index < -0.39 is 16.8 Å². The molecule has 0 saturated heterocycles. The van der Waals surface area contributed by atoms with Crippen LogP contribution in [0.4, 0.5) is 5.95 Å². The van der Waals surface area contributed by atoms with E-state index in [0.717, 1.165) is 0 Å². The maximum Gasteiger partial charge on any atom is 0.490 e. The second-order valence-electron chi connectivity index (χ2n) is 6.11. The number of amides is 1. The number of halogens is 1. The Bertz CT molecular complexity index is 1150. The Kier molecular flexibility index (Phi) is 6.78. The van der Waals surface area contributed by atoms with Crippen molar-refractivity contribution in [3.05, 3.63) is 74.6 Å². The van der Waals surface area contributed by atoms with Gasteiger partial charge in [0.15, 0.2) is 0 Å². The second-order valence-corrected chi connectivity index (χ2v) is 6.55.